The van der Waals surface area contributed by atoms with Gasteiger partial charge in [0.25, 0.3) is 0 Å². The van der Waals surface area contributed by atoms with E-state index < -0.39 is 17.8 Å². The molecule has 3 saturated carbocycles. The Kier molecular flexibility index (Phi) is 7.85. The predicted octanol–water partition coefficient (Wildman–Crippen LogP) is 4.38. The Labute approximate surface area is 192 Å². The monoisotopic (exact) mass is 450 g/mol. The summed E-state index contributed by atoms with van der Waals surface area (Å²) in [5, 5.41) is 41.6. The molecule has 3 rings (SSSR count). The van der Waals surface area contributed by atoms with Crippen LogP contribution in [0.5, 0.6) is 0 Å². The van der Waals surface area contributed by atoms with Crippen LogP contribution in [0.25, 0.3) is 0 Å². The maximum Gasteiger partial charge on any atom is 0.0811 e. The molecule has 0 aromatic heterocycles. The molecular formula is C26H42O4S. The smallest absolute Gasteiger partial charge is 0.0811 e. The lowest BCUT2D eigenvalue weighted by Crippen LogP contribution is -2.39. The van der Waals surface area contributed by atoms with Crippen molar-refractivity contribution in [1.29, 1.82) is 0 Å². The zero-order chi connectivity index (χ0) is 23.0. The van der Waals surface area contributed by atoms with Gasteiger partial charge < -0.3 is 20.4 Å². The van der Waals surface area contributed by atoms with E-state index in [0.29, 0.717) is 24.0 Å². The van der Waals surface area contributed by atoms with Gasteiger partial charge in [-0.2, -0.15) is 11.8 Å². The maximum absolute atomic E-state index is 11.1. The molecule has 0 saturated heterocycles. The van der Waals surface area contributed by atoms with Gasteiger partial charge in [-0.3, -0.25) is 0 Å². The standard InChI is InChI=1S/C26H42O4S/c1-16-19(13-20(27)14-22(16)28)9-8-18-7-6-10-26(5)21(18)15-23(29)24(26)17(2)31-12-11-25(3,4)30/h8-9,17,20-24,27-30H,1,6-7,10-15H2,2-5H3/t17-,20+,21-,22-,23-,24-,26-/m0/s1. The van der Waals surface area contributed by atoms with Gasteiger partial charge >= 0.3 is 0 Å². The summed E-state index contributed by atoms with van der Waals surface area (Å²) in [4.78, 5) is 0. The third kappa shape index (κ3) is 5.67. The average Bonchev–Trinajstić information content (AvgIpc) is 2.92. The van der Waals surface area contributed by atoms with Gasteiger partial charge in [0, 0.05) is 17.6 Å². The van der Waals surface area contributed by atoms with E-state index in [-0.39, 0.29) is 17.4 Å². The van der Waals surface area contributed by atoms with Crippen molar-refractivity contribution in [2.45, 2.75) is 102 Å². The van der Waals surface area contributed by atoms with Crippen LogP contribution in [0.1, 0.15) is 72.6 Å². The second-order valence-corrected chi connectivity index (χ2v) is 12.4. The minimum absolute atomic E-state index is 0.0752. The van der Waals surface area contributed by atoms with E-state index in [9.17, 15) is 20.4 Å². The number of aliphatic hydroxyl groups excluding tert-OH is 3. The third-order valence-corrected chi connectivity index (χ3v) is 9.20. The molecule has 0 aliphatic heterocycles. The van der Waals surface area contributed by atoms with E-state index in [1.165, 1.54) is 5.57 Å². The average molecular weight is 451 g/mol. The SMILES string of the molecule is C=C1C(=CC=C2CCC[C@]3(C)[C@@H]([C@H](C)SCCC(C)(C)O)[C@@H](O)C[C@@H]23)C[C@@H](O)C[C@@H]1O. The number of hydrogen-bond donors (Lipinski definition) is 4. The second-order valence-electron chi connectivity index (χ2n) is 10.9. The Morgan fingerprint density at radius 2 is 1.94 bits per heavy atom. The Morgan fingerprint density at radius 3 is 2.61 bits per heavy atom. The molecule has 7 atom stereocenters. The fourth-order valence-corrected chi connectivity index (χ4v) is 7.89. The summed E-state index contributed by atoms with van der Waals surface area (Å²) in [7, 11) is 0. The van der Waals surface area contributed by atoms with E-state index >= 15 is 0 Å². The van der Waals surface area contributed by atoms with Gasteiger partial charge in [0.1, 0.15) is 0 Å². The Hall–Kier alpha value is -0.590. The molecule has 0 unspecified atom stereocenters. The van der Waals surface area contributed by atoms with E-state index in [1.54, 1.807) is 0 Å². The summed E-state index contributed by atoms with van der Waals surface area (Å²) >= 11 is 1.88. The minimum Gasteiger partial charge on any atom is -0.393 e. The molecule has 3 aliphatic rings. The van der Waals surface area contributed by atoms with Crippen LogP contribution in [-0.4, -0.2) is 55.3 Å². The number of fused-ring (bicyclic) bond motifs is 1. The fraction of sp³-hybridized carbons (Fsp3) is 0.769. The third-order valence-electron chi connectivity index (χ3n) is 7.94. The van der Waals surface area contributed by atoms with Crippen LogP contribution in [-0.2, 0) is 0 Å². The minimum atomic E-state index is -0.663. The first-order chi connectivity index (χ1) is 14.4. The number of allylic oxidation sites excluding steroid dienone is 3. The lowest BCUT2D eigenvalue weighted by Gasteiger charge is -2.44. The number of thioether (sulfide) groups is 1. The van der Waals surface area contributed by atoms with Gasteiger partial charge in [0.15, 0.2) is 0 Å². The first-order valence-corrected chi connectivity index (χ1v) is 12.9. The van der Waals surface area contributed by atoms with Crippen molar-refractivity contribution in [2.24, 2.45) is 17.3 Å². The highest BCUT2D eigenvalue weighted by molar-refractivity contribution is 7.99. The molecule has 4 nitrogen and oxygen atoms in total. The maximum atomic E-state index is 11.1. The van der Waals surface area contributed by atoms with Gasteiger partial charge in [0.2, 0.25) is 0 Å². The second kappa shape index (κ2) is 9.72. The van der Waals surface area contributed by atoms with Crippen molar-refractivity contribution in [1.82, 2.24) is 0 Å². The molecule has 5 heteroatoms. The highest BCUT2D eigenvalue weighted by Crippen LogP contribution is 2.59. The van der Waals surface area contributed by atoms with Crippen LogP contribution in [0.4, 0.5) is 0 Å². The van der Waals surface area contributed by atoms with E-state index in [4.69, 9.17) is 0 Å². The first-order valence-electron chi connectivity index (χ1n) is 11.9. The Bertz CT molecular complexity index is 721. The van der Waals surface area contributed by atoms with Gasteiger partial charge in [-0.1, -0.05) is 38.2 Å². The van der Waals surface area contributed by atoms with Crippen LogP contribution in [0.3, 0.4) is 0 Å². The molecule has 0 spiro atoms. The van der Waals surface area contributed by atoms with E-state index in [0.717, 1.165) is 49.0 Å². The fourth-order valence-electron chi connectivity index (χ4n) is 6.20. The molecule has 3 aliphatic carbocycles. The lowest BCUT2D eigenvalue weighted by molar-refractivity contribution is 0.0685. The van der Waals surface area contributed by atoms with Crippen LogP contribution in [0.15, 0.2) is 35.5 Å². The largest absolute Gasteiger partial charge is 0.393 e. The molecule has 4 N–H and O–H groups in total. The molecule has 31 heavy (non-hydrogen) atoms. The summed E-state index contributed by atoms with van der Waals surface area (Å²) in [6, 6.07) is 0. The zero-order valence-corrected chi connectivity index (χ0v) is 20.5. The van der Waals surface area contributed by atoms with Gasteiger partial charge in [-0.25, -0.2) is 0 Å². The van der Waals surface area contributed by atoms with Crippen LogP contribution in [0, 0.1) is 17.3 Å². The molecule has 0 radical (unpaired) electrons. The quantitative estimate of drug-likeness (QED) is 0.483. The first kappa shape index (κ1) is 25.0. The molecular weight excluding hydrogens is 408 g/mol. The van der Waals surface area contributed by atoms with Crippen LogP contribution < -0.4 is 0 Å². The van der Waals surface area contributed by atoms with Gasteiger partial charge in [-0.15, -0.1) is 0 Å². The van der Waals surface area contributed by atoms with E-state index in [1.807, 2.05) is 25.6 Å². The van der Waals surface area contributed by atoms with Crippen molar-refractivity contribution in [3.8, 4) is 0 Å². The molecule has 0 heterocycles. The molecule has 3 fully saturated rings. The van der Waals surface area contributed by atoms with Crippen LogP contribution in [0.2, 0.25) is 0 Å². The molecule has 0 aromatic carbocycles. The normalized spacial score (nSPS) is 40.4. The van der Waals surface area contributed by atoms with Crippen molar-refractivity contribution in [3.63, 3.8) is 0 Å². The summed E-state index contributed by atoms with van der Waals surface area (Å²) in [6.45, 7) is 12.3. The van der Waals surface area contributed by atoms with Crippen molar-refractivity contribution < 1.29 is 20.4 Å². The summed E-state index contributed by atoms with van der Waals surface area (Å²) in [5.74, 6) is 1.51. The summed E-state index contributed by atoms with van der Waals surface area (Å²) in [5.41, 5.74) is 2.48. The number of hydrogen-bond acceptors (Lipinski definition) is 5. The van der Waals surface area contributed by atoms with Crippen molar-refractivity contribution in [2.75, 3.05) is 5.75 Å². The molecule has 0 amide bonds. The molecule has 0 aromatic rings. The lowest BCUT2D eigenvalue weighted by atomic mass is 9.63. The van der Waals surface area contributed by atoms with Crippen LogP contribution >= 0.6 is 11.8 Å². The van der Waals surface area contributed by atoms with Gasteiger partial charge in [-0.05, 0) is 80.6 Å². The van der Waals surface area contributed by atoms with Gasteiger partial charge in [0.05, 0.1) is 23.9 Å². The summed E-state index contributed by atoms with van der Waals surface area (Å²) < 4.78 is 0. The highest BCUT2D eigenvalue weighted by atomic mass is 32.2. The topological polar surface area (TPSA) is 80.9 Å². The number of rotatable bonds is 6. The Balaban J connectivity index is 1.75. The predicted molar refractivity (Wildman–Crippen MR) is 129 cm³/mol. The van der Waals surface area contributed by atoms with Crippen molar-refractivity contribution in [3.05, 3.63) is 35.5 Å². The van der Waals surface area contributed by atoms with E-state index in [2.05, 4.69) is 32.6 Å². The number of aliphatic hydroxyl groups is 4. The summed E-state index contributed by atoms with van der Waals surface area (Å²) in [6.07, 6.45) is 8.53. The molecule has 176 valence electrons. The molecule has 0 bridgehead atoms. The highest BCUT2D eigenvalue weighted by Gasteiger charge is 2.55. The zero-order valence-electron chi connectivity index (χ0n) is 19.7. The van der Waals surface area contributed by atoms with Crippen molar-refractivity contribution >= 4 is 11.8 Å². The Morgan fingerprint density at radius 1 is 1.23 bits per heavy atom.